The number of allylic oxidation sites excluding steroid dienone is 2. The van der Waals surface area contributed by atoms with Gasteiger partial charge in [-0.15, -0.1) is 13.2 Å². The summed E-state index contributed by atoms with van der Waals surface area (Å²) in [5.41, 5.74) is 0. The van der Waals surface area contributed by atoms with Crippen molar-refractivity contribution in [3.63, 3.8) is 0 Å². The fraction of sp³-hybridized carbons (Fsp3) is 0.333. The molecule has 2 nitrogen and oxygen atoms in total. The lowest BCUT2D eigenvalue weighted by Crippen LogP contribution is -2.18. The van der Waals surface area contributed by atoms with Crippen LogP contribution in [-0.4, -0.2) is 19.1 Å². The third kappa shape index (κ3) is 8.81. The molecule has 0 radical (unpaired) electrons. The number of nitrogens with one attached hydrogen (secondary N) is 2. The lowest BCUT2D eigenvalue weighted by molar-refractivity contribution is 0.761. The fourth-order valence-corrected chi connectivity index (χ4v) is 0.837. The molecule has 1 unspecified atom stereocenters. The van der Waals surface area contributed by atoms with Crippen LogP contribution in [0.5, 0.6) is 0 Å². The Hall–Kier alpha value is -1.28. The van der Waals surface area contributed by atoms with E-state index in [1.807, 2.05) is 30.5 Å². The first-order valence-electron chi connectivity index (χ1n) is 4.83. The number of hydrogen-bond acceptors (Lipinski definition) is 2. The Morgan fingerprint density at radius 2 is 1.93 bits per heavy atom. The van der Waals surface area contributed by atoms with Crippen LogP contribution >= 0.6 is 0 Å². The highest BCUT2D eigenvalue weighted by Crippen LogP contribution is 1.90. The Bertz CT molecular complexity index is 196. The quantitative estimate of drug-likeness (QED) is 0.526. The predicted molar refractivity (Wildman–Crippen MR) is 64.1 cm³/mol. The Kier molecular flexibility index (Phi) is 8.91. The van der Waals surface area contributed by atoms with Gasteiger partial charge in [-0.3, -0.25) is 0 Å². The van der Waals surface area contributed by atoms with Gasteiger partial charge in [0.15, 0.2) is 0 Å². The van der Waals surface area contributed by atoms with Gasteiger partial charge >= 0.3 is 0 Å². The van der Waals surface area contributed by atoms with E-state index in [4.69, 9.17) is 0 Å². The molecule has 1 rings (SSSR count). The lowest BCUT2D eigenvalue weighted by atomic mass is 10.2. The highest BCUT2D eigenvalue weighted by Gasteiger charge is 1.90. The van der Waals surface area contributed by atoms with Crippen LogP contribution in [0.4, 0.5) is 0 Å². The molecule has 0 aromatic heterocycles. The SMILES string of the molecule is C=CCNCC=C.CC1C=CC=CN1. The van der Waals surface area contributed by atoms with Crippen LogP contribution < -0.4 is 10.6 Å². The van der Waals surface area contributed by atoms with Crippen LogP contribution in [0.3, 0.4) is 0 Å². The molecule has 1 aliphatic rings. The van der Waals surface area contributed by atoms with Crippen molar-refractivity contribution in [1.82, 2.24) is 10.6 Å². The van der Waals surface area contributed by atoms with E-state index in [1.165, 1.54) is 0 Å². The number of rotatable bonds is 4. The predicted octanol–water partition coefficient (Wildman–Crippen LogP) is 2.00. The summed E-state index contributed by atoms with van der Waals surface area (Å²) in [5.74, 6) is 0. The van der Waals surface area contributed by atoms with Crippen molar-refractivity contribution in [1.29, 1.82) is 0 Å². The average Bonchev–Trinajstić information content (AvgIpc) is 2.21. The Morgan fingerprint density at radius 3 is 2.21 bits per heavy atom. The third-order valence-electron chi connectivity index (χ3n) is 1.54. The molecule has 0 spiro atoms. The fourth-order valence-electron chi connectivity index (χ4n) is 0.837. The first-order chi connectivity index (χ1) is 6.81. The molecular weight excluding hydrogens is 172 g/mol. The van der Waals surface area contributed by atoms with Crippen molar-refractivity contribution in [2.24, 2.45) is 0 Å². The van der Waals surface area contributed by atoms with E-state index in [9.17, 15) is 0 Å². The minimum atomic E-state index is 0.519. The second-order valence-electron chi connectivity index (χ2n) is 2.93. The molecule has 0 fully saturated rings. The van der Waals surface area contributed by atoms with Crippen LogP contribution in [-0.2, 0) is 0 Å². The molecule has 0 aliphatic carbocycles. The molecule has 1 aliphatic heterocycles. The molecule has 2 N–H and O–H groups in total. The maximum atomic E-state index is 3.54. The molecule has 0 bridgehead atoms. The highest BCUT2D eigenvalue weighted by molar-refractivity contribution is 5.10. The summed E-state index contributed by atoms with van der Waals surface area (Å²) in [4.78, 5) is 0. The summed E-state index contributed by atoms with van der Waals surface area (Å²) in [7, 11) is 0. The van der Waals surface area contributed by atoms with Gasteiger partial charge in [0.2, 0.25) is 0 Å². The van der Waals surface area contributed by atoms with Crippen molar-refractivity contribution in [2.45, 2.75) is 13.0 Å². The zero-order valence-electron chi connectivity index (χ0n) is 8.87. The Balaban J connectivity index is 0.000000241. The van der Waals surface area contributed by atoms with E-state index < -0.39 is 0 Å². The standard InChI is InChI=1S/C6H9N.C6H11N/c1-6-4-2-3-5-7-6;1-3-5-7-6-4-2/h2-7H,1H3;3-4,7H,1-2,5-6H2. The van der Waals surface area contributed by atoms with Crippen LogP contribution in [0.2, 0.25) is 0 Å². The highest BCUT2D eigenvalue weighted by atomic mass is 14.9. The molecule has 0 saturated carbocycles. The van der Waals surface area contributed by atoms with E-state index in [0.717, 1.165) is 13.1 Å². The second kappa shape index (κ2) is 9.81. The summed E-state index contributed by atoms with van der Waals surface area (Å²) in [6.45, 7) is 10.9. The van der Waals surface area contributed by atoms with Gasteiger partial charge in [0, 0.05) is 19.1 Å². The van der Waals surface area contributed by atoms with Crippen LogP contribution in [0, 0.1) is 0 Å². The van der Waals surface area contributed by atoms with Gasteiger partial charge < -0.3 is 10.6 Å². The summed E-state index contributed by atoms with van der Waals surface area (Å²) < 4.78 is 0. The van der Waals surface area contributed by atoms with Crippen LogP contribution in [0.25, 0.3) is 0 Å². The zero-order chi connectivity index (χ0) is 10.6. The number of dihydropyridines is 1. The first kappa shape index (κ1) is 12.7. The first-order valence-corrected chi connectivity index (χ1v) is 4.83. The summed E-state index contributed by atoms with van der Waals surface area (Å²) >= 11 is 0. The molecular formula is C12H20N2. The molecule has 0 aromatic rings. The minimum absolute atomic E-state index is 0.519. The van der Waals surface area contributed by atoms with Crippen molar-refractivity contribution in [3.8, 4) is 0 Å². The summed E-state index contributed by atoms with van der Waals surface area (Å²) in [6, 6.07) is 0.519. The molecule has 14 heavy (non-hydrogen) atoms. The van der Waals surface area contributed by atoms with Gasteiger partial charge in [-0.1, -0.05) is 24.3 Å². The van der Waals surface area contributed by atoms with Gasteiger partial charge in [0.1, 0.15) is 0 Å². The van der Waals surface area contributed by atoms with Crippen LogP contribution in [0.15, 0.2) is 49.7 Å². The van der Waals surface area contributed by atoms with Gasteiger partial charge in [0.05, 0.1) is 0 Å². The maximum Gasteiger partial charge on any atom is 0.0413 e. The van der Waals surface area contributed by atoms with Gasteiger partial charge in [-0.2, -0.15) is 0 Å². The third-order valence-corrected chi connectivity index (χ3v) is 1.54. The molecule has 2 heteroatoms. The topological polar surface area (TPSA) is 24.1 Å². The molecule has 0 aromatic carbocycles. The van der Waals surface area contributed by atoms with E-state index in [2.05, 4.69) is 36.8 Å². The summed E-state index contributed by atoms with van der Waals surface area (Å²) in [5, 5.41) is 6.16. The lowest BCUT2D eigenvalue weighted by Gasteiger charge is -2.07. The largest absolute Gasteiger partial charge is 0.385 e. The van der Waals surface area contributed by atoms with Gasteiger partial charge in [-0.05, 0) is 19.2 Å². The summed E-state index contributed by atoms with van der Waals surface area (Å²) in [6.07, 6.45) is 11.7. The number of hydrogen-bond donors (Lipinski definition) is 2. The molecule has 1 heterocycles. The zero-order valence-corrected chi connectivity index (χ0v) is 8.87. The van der Waals surface area contributed by atoms with E-state index >= 15 is 0 Å². The van der Waals surface area contributed by atoms with Crippen molar-refractivity contribution >= 4 is 0 Å². The van der Waals surface area contributed by atoms with E-state index in [1.54, 1.807) is 0 Å². The normalized spacial score (nSPS) is 17.6. The maximum absolute atomic E-state index is 3.54. The van der Waals surface area contributed by atoms with Crippen molar-refractivity contribution < 1.29 is 0 Å². The van der Waals surface area contributed by atoms with E-state index in [-0.39, 0.29) is 0 Å². The Morgan fingerprint density at radius 1 is 1.29 bits per heavy atom. The smallest absolute Gasteiger partial charge is 0.0413 e. The van der Waals surface area contributed by atoms with Crippen molar-refractivity contribution in [2.75, 3.05) is 13.1 Å². The second-order valence-corrected chi connectivity index (χ2v) is 2.93. The average molecular weight is 192 g/mol. The van der Waals surface area contributed by atoms with Crippen molar-refractivity contribution in [3.05, 3.63) is 49.7 Å². The minimum Gasteiger partial charge on any atom is -0.385 e. The van der Waals surface area contributed by atoms with Gasteiger partial charge in [-0.25, -0.2) is 0 Å². The monoisotopic (exact) mass is 192 g/mol. The molecule has 0 saturated heterocycles. The van der Waals surface area contributed by atoms with Gasteiger partial charge in [0.25, 0.3) is 0 Å². The Labute approximate surface area is 87.1 Å². The van der Waals surface area contributed by atoms with Crippen LogP contribution in [0.1, 0.15) is 6.92 Å². The molecule has 0 amide bonds. The molecule has 78 valence electrons. The van der Waals surface area contributed by atoms with E-state index in [0.29, 0.717) is 6.04 Å². The molecule has 1 atom stereocenters.